The van der Waals surface area contributed by atoms with Gasteiger partial charge in [0.05, 0.1) is 18.5 Å². The van der Waals surface area contributed by atoms with Crippen LogP contribution >= 0.6 is 11.6 Å². The molecule has 1 aromatic heterocycles. The second-order valence-electron chi connectivity index (χ2n) is 6.49. The summed E-state index contributed by atoms with van der Waals surface area (Å²) >= 11 is 5.97. The number of carbonyl (C=O) groups is 2. The predicted octanol–water partition coefficient (Wildman–Crippen LogP) is 3.59. The molecular weight excluding hydrogens is 413 g/mol. The van der Waals surface area contributed by atoms with Crippen LogP contribution in [0.4, 0.5) is 15.8 Å². The molecule has 1 heterocycles. The van der Waals surface area contributed by atoms with Crippen LogP contribution in [0.3, 0.4) is 0 Å². The van der Waals surface area contributed by atoms with Gasteiger partial charge >= 0.3 is 0 Å². The highest BCUT2D eigenvalue weighted by molar-refractivity contribution is 6.31. The number of carbonyl (C=O) groups excluding carboxylic acids is 2. The Morgan fingerprint density at radius 2 is 1.90 bits per heavy atom. The van der Waals surface area contributed by atoms with Gasteiger partial charge in [-0.25, -0.2) is 9.07 Å². The second-order valence-corrected chi connectivity index (χ2v) is 6.92. The molecule has 0 atom stereocenters. The molecule has 0 aliphatic carbocycles. The van der Waals surface area contributed by atoms with E-state index in [1.165, 1.54) is 23.9 Å². The minimum atomic E-state index is -0.552. The Bertz CT molecular complexity index is 1120. The maximum absolute atomic E-state index is 13.4. The molecule has 30 heavy (non-hydrogen) atoms. The van der Waals surface area contributed by atoms with Crippen molar-refractivity contribution in [2.45, 2.75) is 20.4 Å². The summed E-state index contributed by atoms with van der Waals surface area (Å²) in [4.78, 5) is 25.0. The molecule has 3 rings (SSSR count). The van der Waals surface area contributed by atoms with E-state index in [1.54, 1.807) is 38.1 Å². The maximum Gasteiger partial charge on any atom is 0.278 e. The van der Waals surface area contributed by atoms with Gasteiger partial charge in [0.25, 0.3) is 5.91 Å². The highest BCUT2D eigenvalue weighted by Gasteiger charge is 2.19. The first-order valence-corrected chi connectivity index (χ1v) is 9.27. The zero-order valence-electron chi connectivity index (χ0n) is 16.5. The molecule has 0 aliphatic heterocycles. The Labute approximate surface area is 177 Å². The van der Waals surface area contributed by atoms with E-state index >= 15 is 0 Å². The van der Waals surface area contributed by atoms with E-state index in [1.807, 2.05) is 0 Å². The zero-order chi connectivity index (χ0) is 21.8. The molecule has 8 nitrogen and oxygen atoms in total. The first-order chi connectivity index (χ1) is 14.3. The van der Waals surface area contributed by atoms with Crippen molar-refractivity contribution in [3.8, 4) is 5.75 Å². The normalized spacial score (nSPS) is 10.6. The number of nitrogens with one attached hydrogen (secondary N) is 2. The van der Waals surface area contributed by atoms with E-state index in [9.17, 15) is 14.0 Å². The second kappa shape index (κ2) is 8.91. The fourth-order valence-corrected chi connectivity index (χ4v) is 2.91. The molecule has 156 valence electrons. The minimum Gasteiger partial charge on any atom is -0.495 e. The molecule has 0 unspecified atom stereocenters. The van der Waals surface area contributed by atoms with Gasteiger partial charge in [-0.3, -0.25) is 9.59 Å². The van der Waals surface area contributed by atoms with Crippen molar-refractivity contribution in [2.75, 3.05) is 17.7 Å². The number of anilines is 2. The van der Waals surface area contributed by atoms with Crippen LogP contribution in [0.2, 0.25) is 5.02 Å². The van der Waals surface area contributed by atoms with Gasteiger partial charge in [-0.2, -0.15) is 0 Å². The lowest BCUT2D eigenvalue weighted by atomic mass is 10.2. The number of nitrogens with zero attached hydrogens (tertiary/aromatic N) is 3. The molecule has 2 N–H and O–H groups in total. The average Bonchev–Trinajstić information content (AvgIpc) is 3.05. The number of halogens is 2. The summed E-state index contributed by atoms with van der Waals surface area (Å²) in [5.74, 6) is -0.973. The van der Waals surface area contributed by atoms with Gasteiger partial charge in [-0.1, -0.05) is 22.9 Å². The van der Waals surface area contributed by atoms with Gasteiger partial charge < -0.3 is 15.4 Å². The van der Waals surface area contributed by atoms with Crippen LogP contribution in [0.5, 0.6) is 5.75 Å². The van der Waals surface area contributed by atoms with Crippen molar-refractivity contribution >= 4 is 34.8 Å². The van der Waals surface area contributed by atoms with Crippen LogP contribution in [-0.4, -0.2) is 33.9 Å². The fraction of sp³-hybridized carbons (Fsp3) is 0.200. The SMILES string of the molecule is COc1ccc(Cl)cc1NC(=O)Cn1nnc(C(=O)Nc2cc(F)ccc2C)c1C. The maximum atomic E-state index is 13.4. The minimum absolute atomic E-state index is 0.0341. The summed E-state index contributed by atoms with van der Waals surface area (Å²) < 4.78 is 19.9. The Hall–Kier alpha value is -3.46. The largest absolute Gasteiger partial charge is 0.495 e. The van der Waals surface area contributed by atoms with Gasteiger partial charge in [-0.15, -0.1) is 5.10 Å². The summed E-state index contributed by atoms with van der Waals surface area (Å²) in [5.41, 5.74) is 1.86. The Kier molecular flexibility index (Phi) is 6.31. The monoisotopic (exact) mass is 431 g/mol. The standard InChI is InChI=1S/C20H19ClFN5O3/c1-11-4-6-14(22)9-15(11)24-20(29)19-12(2)27(26-25-19)10-18(28)23-16-8-13(21)5-7-17(16)30-3/h4-9H,10H2,1-3H3,(H,23,28)(H,24,29). The van der Waals surface area contributed by atoms with Crippen LogP contribution in [0.1, 0.15) is 21.7 Å². The lowest BCUT2D eigenvalue weighted by Crippen LogP contribution is -2.21. The molecule has 0 aliphatic rings. The van der Waals surface area contributed by atoms with E-state index in [-0.39, 0.29) is 12.2 Å². The first-order valence-electron chi connectivity index (χ1n) is 8.89. The van der Waals surface area contributed by atoms with E-state index < -0.39 is 17.6 Å². The smallest absolute Gasteiger partial charge is 0.278 e. The number of rotatable bonds is 6. The van der Waals surface area contributed by atoms with Gasteiger partial charge in [0, 0.05) is 10.7 Å². The van der Waals surface area contributed by atoms with Crippen molar-refractivity contribution < 1.29 is 18.7 Å². The van der Waals surface area contributed by atoms with Gasteiger partial charge in [0.15, 0.2) is 5.69 Å². The fourth-order valence-electron chi connectivity index (χ4n) is 2.73. The average molecular weight is 432 g/mol. The summed E-state index contributed by atoms with van der Waals surface area (Å²) in [6.45, 7) is 3.18. The third-order valence-corrected chi connectivity index (χ3v) is 4.61. The third kappa shape index (κ3) is 4.74. The molecule has 2 amide bonds. The van der Waals surface area contributed by atoms with E-state index in [2.05, 4.69) is 20.9 Å². The summed E-state index contributed by atoms with van der Waals surface area (Å²) in [6, 6.07) is 8.92. The Morgan fingerprint density at radius 1 is 1.13 bits per heavy atom. The lowest BCUT2D eigenvalue weighted by Gasteiger charge is -2.11. The van der Waals surface area contributed by atoms with E-state index in [4.69, 9.17) is 16.3 Å². The zero-order valence-corrected chi connectivity index (χ0v) is 17.2. The van der Waals surface area contributed by atoms with E-state index in [0.717, 1.165) is 0 Å². The number of hydrogen-bond acceptors (Lipinski definition) is 5. The number of aryl methyl sites for hydroxylation is 1. The summed E-state index contributed by atoms with van der Waals surface area (Å²) in [5, 5.41) is 13.5. The highest BCUT2D eigenvalue weighted by Crippen LogP contribution is 2.27. The van der Waals surface area contributed by atoms with Crippen LogP contribution in [0, 0.1) is 19.7 Å². The number of ether oxygens (including phenoxy) is 1. The topological polar surface area (TPSA) is 98.1 Å². The van der Waals surface area contributed by atoms with Gasteiger partial charge in [-0.05, 0) is 49.7 Å². The highest BCUT2D eigenvalue weighted by atomic mass is 35.5. The summed E-state index contributed by atoms with van der Waals surface area (Å²) in [6.07, 6.45) is 0. The van der Waals surface area contributed by atoms with Crippen LogP contribution in [0.15, 0.2) is 36.4 Å². The predicted molar refractivity (Wildman–Crippen MR) is 110 cm³/mol. The number of hydrogen-bond donors (Lipinski definition) is 2. The quantitative estimate of drug-likeness (QED) is 0.621. The number of amides is 2. The molecule has 0 saturated carbocycles. The molecular formula is C20H19ClFN5O3. The molecule has 10 heteroatoms. The van der Waals surface area contributed by atoms with Crippen molar-refractivity contribution in [1.82, 2.24) is 15.0 Å². The molecule has 3 aromatic rings. The van der Waals surface area contributed by atoms with Crippen LogP contribution in [-0.2, 0) is 11.3 Å². The molecule has 0 spiro atoms. The van der Waals surface area contributed by atoms with Gasteiger partial charge in [0.2, 0.25) is 5.91 Å². The third-order valence-electron chi connectivity index (χ3n) is 4.37. The Balaban J connectivity index is 1.72. The van der Waals surface area contributed by atoms with Crippen LogP contribution in [0.25, 0.3) is 0 Å². The molecule has 0 radical (unpaired) electrons. The molecule has 0 saturated heterocycles. The van der Waals surface area contributed by atoms with E-state index in [0.29, 0.717) is 33.4 Å². The number of aromatic nitrogens is 3. The lowest BCUT2D eigenvalue weighted by molar-refractivity contribution is -0.117. The van der Waals surface area contributed by atoms with Crippen molar-refractivity contribution in [1.29, 1.82) is 0 Å². The molecule has 0 bridgehead atoms. The Morgan fingerprint density at radius 3 is 2.63 bits per heavy atom. The van der Waals surface area contributed by atoms with Crippen molar-refractivity contribution in [3.63, 3.8) is 0 Å². The first kappa shape index (κ1) is 21.3. The molecule has 0 fully saturated rings. The number of methoxy groups -OCH3 is 1. The van der Waals surface area contributed by atoms with Crippen molar-refractivity contribution in [2.24, 2.45) is 0 Å². The van der Waals surface area contributed by atoms with Crippen LogP contribution < -0.4 is 15.4 Å². The van der Waals surface area contributed by atoms with Crippen molar-refractivity contribution in [3.05, 3.63) is 64.2 Å². The number of benzene rings is 2. The summed E-state index contributed by atoms with van der Waals surface area (Å²) in [7, 11) is 1.48. The van der Waals surface area contributed by atoms with Gasteiger partial charge in [0.1, 0.15) is 18.1 Å². The molecule has 2 aromatic carbocycles.